The van der Waals surface area contributed by atoms with Crippen molar-refractivity contribution < 1.29 is 4.39 Å². The fourth-order valence-corrected chi connectivity index (χ4v) is 2.57. The van der Waals surface area contributed by atoms with Gasteiger partial charge in [0.2, 0.25) is 0 Å². The number of nitrogens with one attached hydrogen (secondary N) is 1. The third-order valence-corrected chi connectivity index (χ3v) is 3.93. The minimum absolute atomic E-state index is 0.149. The van der Waals surface area contributed by atoms with Crippen LogP contribution in [0.3, 0.4) is 0 Å². The predicted molar refractivity (Wildman–Crippen MR) is 80.0 cm³/mol. The second-order valence-electron chi connectivity index (χ2n) is 5.58. The highest BCUT2D eigenvalue weighted by molar-refractivity contribution is 5.31. The molecule has 0 bridgehead atoms. The van der Waals surface area contributed by atoms with E-state index in [4.69, 9.17) is 0 Å². The van der Waals surface area contributed by atoms with Gasteiger partial charge in [0.25, 0.3) is 0 Å². The first kappa shape index (κ1) is 13.3. The van der Waals surface area contributed by atoms with Crippen LogP contribution in [0.25, 0.3) is 0 Å². The number of halogens is 1. The molecule has 1 unspecified atom stereocenters. The van der Waals surface area contributed by atoms with Crippen molar-refractivity contribution in [1.29, 1.82) is 0 Å². The van der Waals surface area contributed by atoms with Gasteiger partial charge in [-0.1, -0.05) is 55.3 Å². The molecule has 1 fully saturated rings. The van der Waals surface area contributed by atoms with Gasteiger partial charge in [-0.2, -0.15) is 0 Å². The summed E-state index contributed by atoms with van der Waals surface area (Å²) < 4.78 is 13.1. The van der Waals surface area contributed by atoms with Crippen molar-refractivity contribution in [3.8, 4) is 0 Å². The van der Waals surface area contributed by atoms with Crippen LogP contribution in [0.15, 0.2) is 54.6 Å². The number of hydrogen-bond donors (Lipinski definition) is 1. The van der Waals surface area contributed by atoms with E-state index in [2.05, 4.69) is 29.6 Å². The van der Waals surface area contributed by atoms with E-state index < -0.39 is 0 Å². The number of hydrogen-bond acceptors (Lipinski definition) is 1. The van der Waals surface area contributed by atoms with Crippen LogP contribution in [0.1, 0.15) is 36.4 Å². The van der Waals surface area contributed by atoms with Gasteiger partial charge in [-0.15, -0.1) is 0 Å². The largest absolute Gasteiger partial charge is 0.306 e. The standard InChI is InChI=1S/C18H20FN/c19-17-10-8-16(9-11-17)18(15-4-2-1-3-5-15)20-13-12-14-6-7-14/h1-5,8-11,14,18,20H,6-7,12-13H2. The van der Waals surface area contributed by atoms with Gasteiger partial charge in [-0.3, -0.25) is 0 Å². The molecule has 1 saturated carbocycles. The van der Waals surface area contributed by atoms with Gasteiger partial charge in [0.15, 0.2) is 0 Å². The minimum Gasteiger partial charge on any atom is -0.306 e. The molecule has 2 aromatic rings. The molecule has 104 valence electrons. The summed E-state index contributed by atoms with van der Waals surface area (Å²) >= 11 is 0. The molecule has 0 amide bonds. The van der Waals surface area contributed by atoms with Gasteiger partial charge in [-0.05, 0) is 42.1 Å². The molecular formula is C18H20FN. The van der Waals surface area contributed by atoms with Gasteiger partial charge >= 0.3 is 0 Å². The summed E-state index contributed by atoms with van der Waals surface area (Å²) in [6.07, 6.45) is 4.01. The average molecular weight is 269 g/mol. The first-order valence-corrected chi connectivity index (χ1v) is 7.37. The third kappa shape index (κ3) is 3.45. The first-order chi connectivity index (χ1) is 9.83. The molecule has 0 spiro atoms. The van der Waals surface area contributed by atoms with E-state index in [-0.39, 0.29) is 11.9 Å². The Balaban J connectivity index is 1.76. The second kappa shape index (κ2) is 6.19. The lowest BCUT2D eigenvalue weighted by Crippen LogP contribution is -2.23. The van der Waals surface area contributed by atoms with Crippen LogP contribution in [0.5, 0.6) is 0 Å². The van der Waals surface area contributed by atoms with Crippen molar-refractivity contribution >= 4 is 0 Å². The van der Waals surface area contributed by atoms with E-state index >= 15 is 0 Å². The summed E-state index contributed by atoms with van der Waals surface area (Å²) in [4.78, 5) is 0. The van der Waals surface area contributed by atoms with E-state index in [1.54, 1.807) is 0 Å². The van der Waals surface area contributed by atoms with E-state index in [1.165, 1.54) is 37.0 Å². The molecule has 0 aliphatic heterocycles. The van der Waals surface area contributed by atoms with Crippen LogP contribution in [0, 0.1) is 11.7 Å². The Labute approximate surface area is 119 Å². The highest BCUT2D eigenvalue weighted by Gasteiger charge is 2.21. The monoisotopic (exact) mass is 269 g/mol. The molecule has 1 aliphatic carbocycles. The molecule has 2 aromatic carbocycles. The van der Waals surface area contributed by atoms with Crippen molar-refractivity contribution in [2.45, 2.75) is 25.3 Å². The molecule has 3 rings (SSSR count). The Morgan fingerprint density at radius 2 is 1.60 bits per heavy atom. The minimum atomic E-state index is -0.182. The molecule has 1 nitrogen and oxygen atoms in total. The molecule has 0 saturated heterocycles. The fourth-order valence-electron chi connectivity index (χ4n) is 2.57. The van der Waals surface area contributed by atoms with E-state index in [0.717, 1.165) is 18.0 Å². The van der Waals surface area contributed by atoms with Crippen LogP contribution in [0.4, 0.5) is 4.39 Å². The lowest BCUT2D eigenvalue weighted by molar-refractivity contribution is 0.559. The quantitative estimate of drug-likeness (QED) is 0.824. The van der Waals surface area contributed by atoms with Gasteiger partial charge in [-0.25, -0.2) is 4.39 Å². The molecule has 1 N–H and O–H groups in total. The van der Waals surface area contributed by atoms with Crippen molar-refractivity contribution in [3.63, 3.8) is 0 Å². The summed E-state index contributed by atoms with van der Waals surface area (Å²) in [5.41, 5.74) is 2.35. The summed E-state index contributed by atoms with van der Waals surface area (Å²) in [6, 6.07) is 17.3. The lowest BCUT2D eigenvalue weighted by Gasteiger charge is -2.20. The van der Waals surface area contributed by atoms with Crippen LogP contribution in [-0.4, -0.2) is 6.54 Å². The molecule has 20 heavy (non-hydrogen) atoms. The first-order valence-electron chi connectivity index (χ1n) is 7.37. The SMILES string of the molecule is Fc1ccc(C(NCCC2CC2)c2ccccc2)cc1. The Hall–Kier alpha value is -1.67. The number of rotatable bonds is 6. The Morgan fingerprint density at radius 3 is 2.25 bits per heavy atom. The fraction of sp³-hybridized carbons (Fsp3) is 0.333. The molecule has 1 atom stereocenters. The predicted octanol–water partition coefficient (Wildman–Crippen LogP) is 4.30. The Morgan fingerprint density at radius 1 is 0.950 bits per heavy atom. The Kier molecular flexibility index (Phi) is 4.12. The van der Waals surface area contributed by atoms with Gasteiger partial charge in [0.1, 0.15) is 5.82 Å². The molecule has 0 aromatic heterocycles. The summed E-state index contributed by atoms with van der Waals surface area (Å²) in [7, 11) is 0. The average Bonchev–Trinajstić information content (AvgIpc) is 3.30. The normalized spacial score (nSPS) is 16.1. The maximum absolute atomic E-state index is 13.1. The highest BCUT2D eigenvalue weighted by Crippen LogP contribution is 2.32. The van der Waals surface area contributed by atoms with Gasteiger partial charge in [0, 0.05) is 0 Å². The van der Waals surface area contributed by atoms with E-state index in [1.807, 2.05) is 18.2 Å². The molecule has 0 heterocycles. The van der Waals surface area contributed by atoms with Crippen LogP contribution in [0.2, 0.25) is 0 Å². The second-order valence-corrected chi connectivity index (χ2v) is 5.58. The van der Waals surface area contributed by atoms with Gasteiger partial charge in [0.05, 0.1) is 6.04 Å². The van der Waals surface area contributed by atoms with Crippen molar-refractivity contribution in [2.75, 3.05) is 6.54 Å². The van der Waals surface area contributed by atoms with E-state index in [0.29, 0.717) is 0 Å². The van der Waals surface area contributed by atoms with Crippen molar-refractivity contribution in [2.24, 2.45) is 5.92 Å². The summed E-state index contributed by atoms with van der Waals surface area (Å²) in [6.45, 7) is 1.02. The zero-order valence-corrected chi connectivity index (χ0v) is 11.6. The maximum atomic E-state index is 13.1. The number of benzene rings is 2. The molecule has 1 aliphatic rings. The molecule has 0 radical (unpaired) electrons. The molecular weight excluding hydrogens is 249 g/mol. The Bertz CT molecular complexity index is 531. The summed E-state index contributed by atoms with van der Waals surface area (Å²) in [5.74, 6) is 0.741. The maximum Gasteiger partial charge on any atom is 0.123 e. The van der Waals surface area contributed by atoms with Crippen LogP contribution in [-0.2, 0) is 0 Å². The summed E-state index contributed by atoms with van der Waals surface area (Å²) in [5, 5.41) is 3.62. The topological polar surface area (TPSA) is 12.0 Å². The van der Waals surface area contributed by atoms with E-state index in [9.17, 15) is 4.39 Å². The third-order valence-electron chi connectivity index (χ3n) is 3.93. The zero-order valence-electron chi connectivity index (χ0n) is 11.6. The highest BCUT2D eigenvalue weighted by atomic mass is 19.1. The van der Waals surface area contributed by atoms with Gasteiger partial charge < -0.3 is 5.32 Å². The zero-order chi connectivity index (χ0) is 13.8. The molecule has 2 heteroatoms. The van der Waals surface area contributed by atoms with Crippen LogP contribution < -0.4 is 5.32 Å². The van der Waals surface area contributed by atoms with Crippen LogP contribution >= 0.6 is 0 Å². The smallest absolute Gasteiger partial charge is 0.123 e. The lowest BCUT2D eigenvalue weighted by atomic mass is 9.98. The van der Waals surface area contributed by atoms with Crippen molar-refractivity contribution in [1.82, 2.24) is 5.32 Å². The van der Waals surface area contributed by atoms with Crippen molar-refractivity contribution in [3.05, 3.63) is 71.5 Å².